The van der Waals surface area contributed by atoms with E-state index in [4.69, 9.17) is 16.7 Å². The number of rotatable bonds is 4. The molecule has 5 nitrogen and oxygen atoms in total. The maximum atomic E-state index is 12.3. The summed E-state index contributed by atoms with van der Waals surface area (Å²) in [4.78, 5) is 12.6. The van der Waals surface area contributed by atoms with Crippen LogP contribution in [0.5, 0.6) is 0 Å². The van der Waals surface area contributed by atoms with Crippen molar-refractivity contribution >= 4 is 44.6 Å². The average molecular weight is 346 g/mol. The van der Waals surface area contributed by atoms with E-state index in [0.29, 0.717) is 4.88 Å². The molecular weight excluding hydrogens is 334 g/mol. The van der Waals surface area contributed by atoms with Crippen molar-refractivity contribution in [3.63, 3.8) is 0 Å². The predicted octanol–water partition coefficient (Wildman–Crippen LogP) is 3.52. The van der Waals surface area contributed by atoms with Crippen LogP contribution in [-0.4, -0.2) is 19.5 Å². The third-order valence-corrected chi connectivity index (χ3v) is 5.64. The zero-order valence-corrected chi connectivity index (χ0v) is 13.6. The zero-order chi connectivity index (χ0) is 15.8. The summed E-state index contributed by atoms with van der Waals surface area (Å²) in [5, 5.41) is 8.88. The van der Waals surface area contributed by atoms with Gasteiger partial charge in [-0.2, -0.15) is 0 Å². The standard InChI is InChI=1S/C13H12ClNO4S2/c1-7-5-12(8(2)20-7)21(18,19)15-11-4-3-9(13(16)17)6-10(11)14/h3-6,15H,1-2H3,(H,16,17). The molecule has 0 aliphatic rings. The number of carbonyl (C=O) groups is 1. The summed E-state index contributed by atoms with van der Waals surface area (Å²) in [6, 6.07) is 5.41. The lowest BCUT2D eigenvalue weighted by Crippen LogP contribution is -2.13. The van der Waals surface area contributed by atoms with E-state index >= 15 is 0 Å². The van der Waals surface area contributed by atoms with Crippen LogP contribution in [0.1, 0.15) is 20.1 Å². The molecule has 0 saturated heterocycles. The molecule has 0 saturated carbocycles. The van der Waals surface area contributed by atoms with Gasteiger partial charge in [0.2, 0.25) is 0 Å². The Bertz CT molecular complexity index is 812. The Morgan fingerprint density at radius 2 is 1.95 bits per heavy atom. The Labute approximate surface area is 131 Å². The van der Waals surface area contributed by atoms with E-state index in [0.717, 1.165) is 4.88 Å². The van der Waals surface area contributed by atoms with Gasteiger partial charge in [-0.05, 0) is 38.1 Å². The molecule has 0 aliphatic heterocycles. The summed E-state index contributed by atoms with van der Waals surface area (Å²) in [7, 11) is -3.75. The normalized spacial score (nSPS) is 11.4. The minimum Gasteiger partial charge on any atom is -0.478 e. The summed E-state index contributed by atoms with van der Waals surface area (Å²) in [6.07, 6.45) is 0. The number of halogens is 1. The van der Waals surface area contributed by atoms with Gasteiger partial charge in [0.05, 0.1) is 16.3 Å². The maximum absolute atomic E-state index is 12.3. The number of carboxylic acids is 1. The molecule has 8 heteroatoms. The third-order valence-electron chi connectivity index (χ3n) is 2.75. The molecule has 2 aromatic rings. The van der Waals surface area contributed by atoms with Gasteiger partial charge in [-0.25, -0.2) is 13.2 Å². The van der Waals surface area contributed by atoms with Gasteiger partial charge in [0.25, 0.3) is 10.0 Å². The van der Waals surface area contributed by atoms with Gasteiger partial charge in [0.1, 0.15) is 4.90 Å². The van der Waals surface area contributed by atoms with E-state index in [-0.39, 0.29) is 21.2 Å². The molecule has 0 bridgehead atoms. The number of hydrogen-bond donors (Lipinski definition) is 2. The first-order valence-corrected chi connectivity index (χ1v) is 8.51. The number of aryl methyl sites for hydroxylation is 2. The molecule has 0 radical (unpaired) electrons. The van der Waals surface area contributed by atoms with Crippen LogP contribution in [0.15, 0.2) is 29.2 Å². The monoisotopic (exact) mass is 345 g/mol. The quantitative estimate of drug-likeness (QED) is 0.888. The first-order valence-electron chi connectivity index (χ1n) is 5.83. The predicted molar refractivity (Wildman–Crippen MR) is 83.0 cm³/mol. The van der Waals surface area contributed by atoms with Crippen LogP contribution in [0, 0.1) is 13.8 Å². The fourth-order valence-corrected chi connectivity index (χ4v) is 4.72. The van der Waals surface area contributed by atoms with Crippen molar-refractivity contribution in [3.8, 4) is 0 Å². The van der Waals surface area contributed by atoms with E-state index < -0.39 is 16.0 Å². The van der Waals surface area contributed by atoms with Gasteiger partial charge >= 0.3 is 5.97 Å². The van der Waals surface area contributed by atoms with Gasteiger partial charge in [0.15, 0.2) is 0 Å². The Kier molecular flexibility index (Phi) is 4.27. The van der Waals surface area contributed by atoms with Crippen molar-refractivity contribution in [2.45, 2.75) is 18.7 Å². The lowest BCUT2D eigenvalue weighted by atomic mass is 10.2. The molecule has 1 aromatic heterocycles. The van der Waals surface area contributed by atoms with E-state index in [1.807, 2.05) is 6.92 Å². The summed E-state index contributed by atoms with van der Waals surface area (Å²) in [6.45, 7) is 3.55. The molecule has 0 unspecified atom stereocenters. The minimum atomic E-state index is -3.75. The van der Waals surface area contributed by atoms with Crippen molar-refractivity contribution in [1.29, 1.82) is 0 Å². The van der Waals surface area contributed by atoms with Crippen LogP contribution in [0.4, 0.5) is 5.69 Å². The number of sulfonamides is 1. The number of carboxylic acid groups (broad SMARTS) is 1. The average Bonchev–Trinajstić information content (AvgIpc) is 2.71. The lowest BCUT2D eigenvalue weighted by molar-refractivity contribution is 0.0697. The molecular formula is C13H12ClNO4S2. The third kappa shape index (κ3) is 3.37. The highest BCUT2D eigenvalue weighted by Crippen LogP contribution is 2.29. The highest BCUT2D eigenvalue weighted by molar-refractivity contribution is 7.93. The molecule has 2 N–H and O–H groups in total. The molecule has 112 valence electrons. The van der Waals surface area contributed by atoms with E-state index in [2.05, 4.69) is 4.72 Å². The van der Waals surface area contributed by atoms with E-state index in [1.165, 1.54) is 29.5 Å². The Morgan fingerprint density at radius 3 is 2.43 bits per heavy atom. The number of aromatic carboxylic acids is 1. The number of benzene rings is 1. The molecule has 0 aliphatic carbocycles. The van der Waals surface area contributed by atoms with Gasteiger partial charge in [-0.3, -0.25) is 4.72 Å². The van der Waals surface area contributed by atoms with Crippen LogP contribution in [-0.2, 0) is 10.0 Å². The maximum Gasteiger partial charge on any atom is 0.335 e. The molecule has 0 spiro atoms. The summed E-state index contributed by atoms with van der Waals surface area (Å²) < 4.78 is 27.0. The van der Waals surface area contributed by atoms with Crippen LogP contribution >= 0.6 is 22.9 Å². The second-order valence-electron chi connectivity index (χ2n) is 4.38. The Balaban J connectivity index is 2.37. The van der Waals surface area contributed by atoms with Crippen LogP contribution in [0.2, 0.25) is 5.02 Å². The SMILES string of the molecule is Cc1cc(S(=O)(=O)Nc2ccc(C(=O)O)cc2Cl)c(C)s1. The fourth-order valence-electron chi connectivity index (χ4n) is 1.80. The number of nitrogens with one attached hydrogen (secondary N) is 1. The molecule has 0 atom stereocenters. The minimum absolute atomic E-state index is 0.00879. The van der Waals surface area contributed by atoms with Crippen molar-refractivity contribution in [2.24, 2.45) is 0 Å². The van der Waals surface area contributed by atoms with Gasteiger partial charge in [-0.1, -0.05) is 11.6 Å². The number of hydrogen-bond acceptors (Lipinski definition) is 4. The van der Waals surface area contributed by atoms with Crippen molar-refractivity contribution in [2.75, 3.05) is 4.72 Å². The van der Waals surface area contributed by atoms with Gasteiger partial charge in [0, 0.05) is 9.75 Å². The Morgan fingerprint density at radius 1 is 1.29 bits per heavy atom. The van der Waals surface area contributed by atoms with Crippen LogP contribution in [0.25, 0.3) is 0 Å². The molecule has 1 aromatic carbocycles. The highest BCUT2D eigenvalue weighted by atomic mass is 35.5. The van der Waals surface area contributed by atoms with E-state index in [1.54, 1.807) is 13.0 Å². The number of thiophene rings is 1. The van der Waals surface area contributed by atoms with Crippen LogP contribution < -0.4 is 4.72 Å². The Hall–Kier alpha value is -1.57. The molecule has 21 heavy (non-hydrogen) atoms. The van der Waals surface area contributed by atoms with Crippen molar-refractivity contribution in [1.82, 2.24) is 0 Å². The van der Waals surface area contributed by atoms with Crippen molar-refractivity contribution in [3.05, 3.63) is 44.6 Å². The zero-order valence-electron chi connectivity index (χ0n) is 11.2. The van der Waals surface area contributed by atoms with Gasteiger partial charge < -0.3 is 5.11 Å². The van der Waals surface area contributed by atoms with Crippen LogP contribution in [0.3, 0.4) is 0 Å². The topological polar surface area (TPSA) is 83.5 Å². The largest absolute Gasteiger partial charge is 0.478 e. The first-order chi connectivity index (χ1) is 9.70. The fraction of sp³-hybridized carbons (Fsp3) is 0.154. The molecule has 2 rings (SSSR count). The molecule has 0 amide bonds. The second kappa shape index (κ2) is 5.67. The van der Waals surface area contributed by atoms with Gasteiger partial charge in [-0.15, -0.1) is 11.3 Å². The lowest BCUT2D eigenvalue weighted by Gasteiger charge is -2.09. The second-order valence-corrected chi connectivity index (χ2v) is 7.90. The summed E-state index contributed by atoms with van der Waals surface area (Å²) in [5.74, 6) is -1.13. The molecule has 0 fully saturated rings. The van der Waals surface area contributed by atoms with E-state index in [9.17, 15) is 13.2 Å². The smallest absolute Gasteiger partial charge is 0.335 e. The van der Waals surface area contributed by atoms with Crippen molar-refractivity contribution < 1.29 is 18.3 Å². The number of anilines is 1. The first kappa shape index (κ1) is 15.8. The highest BCUT2D eigenvalue weighted by Gasteiger charge is 2.20. The summed E-state index contributed by atoms with van der Waals surface area (Å²) in [5.41, 5.74) is 0.135. The molecule has 1 heterocycles. The summed E-state index contributed by atoms with van der Waals surface area (Å²) >= 11 is 7.31.